The van der Waals surface area contributed by atoms with E-state index >= 15 is 0 Å². The molecule has 10 rings (SSSR count). The number of benzene rings is 8. The summed E-state index contributed by atoms with van der Waals surface area (Å²) in [5.74, 6) is 0. The normalized spacial score (nSPS) is 11.8. The van der Waals surface area contributed by atoms with Gasteiger partial charge >= 0.3 is 0 Å². The van der Waals surface area contributed by atoms with Gasteiger partial charge < -0.3 is 8.98 Å². The molecule has 8 aromatic carbocycles. The predicted octanol–water partition coefficient (Wildman–Crippen LogP) is 12.8. The zero-order chi connectivity index (χ0) is 31.6. The van der Waals surface area contributed by atoms with E-state index in [1.807, 2.05) is 12.1 Å². The average Bonchev–Trinajstić information content (AvgIpc) is 3.67. The highest BCUT2D eigenvalue weighted by atomic mass is 16.3. The number of aromatic nitrogens is 1. The van der Waals surface area contributed by atoms with Crippen LogP contribution in [0, 0.1) is 0 Å². The Balaban J connectivity index is 1.18. The Bertz CT molecular complexity index is 2750. The SMILES string of the molecule is c1ccc(-c2cc(-c3ccccc3)cc(-c3ccc(-n4c5cc6ccccc6cc5c5cc6oc7ccccc7c6cc54)cc3)c2)cc1. The smallest absolute Gasteiger partial charge is 0.136 e. The molecule has 0 atom stereocenters. The topological polar surface area (TPSA) is 18.1 Å². The molecular formula is C46H29NO. The standard InChI is InChI=1S/C46H29NO/c1-3-11-30(12-4-1)35-23-36(31-13-5-2-6-14-31)25-37(24-35)32-19-21-38(22-20-32)47-43-27-34-16-8-7-15-33(34)26-40(43)41-29-46-42(28-44(41)47)39-17-9-10-18-45(39)48-46/h1-29H. The minimum atomic E-state index is 0.915. The Morgan fingerprint density at radius 1 is 0.312 bits per heavy atom. The molecule has 48 heavy (non-hydrogen) atoms. The molecule has 10 aromatic rings. The molecule has 0 aliphatic carbocycles. The van der Waals surface area contributed by atoms with Crippen molar-refractivity contribution < 1.29 is 4.42 Å². The van der Waals surface area contributed by atoms with Gasteiger partial charge in [-0.25, -0.2) is 0 Å². The second kappa shape index (κ2) is 10.6. The second-order valence-electron chi connectivity index (χ2n) is 12.6. The molecule has 2 heteroatoms. The van der Waals surface area contributed by atoms with E-state index in [0.717, 1.165) is 27.6 Å². The van der Waals surface area contributed by atoms with Crippen LogP contribution in [0.25, 0.3) is 93.6 Å². The van der Waals surface area contributed by atoms with E-state index in [4.69, 9.17) is 4.42 Å². The molecule has 0 radical (unpaired) electrons. The molecule has 0 unspecified atom stereocenters. The molecule has 0 N–H and O–H groups in total. The molecular weight excluding hydrogens is 583 g/mol. The van der Waals surface area contributed by atoms with Crippen molar-refractivity contribution in [2.45, 2.75) is 0 Å². The van der Waals surface area contributed by atoms with Gasteiger partial charge in [0.15, 0.2) is 0 Å². The summed E-state index contributed by atoms with van der Waals surface area (Å²) in [6.45, 7) is 0. The lowest BCUT2D eigenvalue weighted by atomic mass is 9.93. The third-order valence-electron chi connectivity index (χ3n) is 9.74. The number of fused-ring (bicyclic) bond motifs is 7. The Morgan fingerprint density at radius 3 is 1.50 bits per heavy atom. The maximum Gasteiger partial charge on any atom is 0.136 e. The summed E-state index contributed by atoms with van der Waals surface area (Å²) in [6, 6.07) is 63.4. The van der Waals surface area contributed by atoms with Crippen LogP contribution in [0.5, 0.6) is 0 Å². The molecule has 0 saturated carbocycles. The van der Waals surface area contributed by atoms with Crippen LogP contribution in [0.1, 0.15) is 0 Å². The number of hydrogen-bond acceptors (Lipinski definition) is 1. The summed E-state index contributed by atoms with van der Waals surface area (Å²) in [5, 5.41) is 7.14. The molecule has 0 saturated heterocycles. The molecule has 0 aliphatic rings. The van der Waals surface area contributed by atoms with Gasteiger partial charge in [0.05, 0.1) is 11.0 Å². The van der Waals surface area contributed by atoms with Gasteiger partial charge in [0.25, 0.3) is 0 Å². The van der Waals surface area contributed by atoms with Crippen molar-refractivity contribution in [1.29, 1.82) is 0 Å². The van der Waals surface area contributed by atoms with Gasteiger partial charge in [-0.3, -0.25) is 0 Å². The monoisotopic (exact) mass is 611 g/mol. The summed E-state index contributed by atoms with van der Waals surface area (Å²) < 4.78 is 8.77. The first-order chi connectivity index (χ1) is 23.8. The fraction of sp³-hybridized carbons (Fsp3) is 0. The summed E-state index contributed by atoms with van der Waals surface area (Å²) in [7, 11) is 0. The number of furan rings is 1. The van der Waals surface area contributed by atoms with E-state index in [1.165, 1.54) is 66.0 Å². The zero-order valence-corrected chi connectivity index (χ0v) is 26.1. The van der Waals surface area contributed by atoms with Crippen LogP contribution in [0.2, 0.25) is 0 Å². The second-order valence-corrected chi connectivity index (χ2v) is 12.6. The van der Waals surface area contributed by atoms with Crippen LogP contribution in [-0.4, -0.2) is 4.57 Å². The zero-order valence-electron chi connectivity index (χ0n) is 26.1. The van der Waals surface area contributed by atoms with Gasteiger partial charge in [0.1, 0.15) is 11.2 Å². The lowest BCUT2D eigenvalue weighted by Crippen LogP contribution is -1.94. The van der Waals surface area contributed by atoms with E-state index < -0.39 is 0 Å². The van der Waals surface area contributed by atoms with E-state index in [2.05, 4.69) is 168 Å². The van der Waals surface area contributed by atoms with Gasteiger partial charge in [-0.05, 0) is 105 Å². The number of para-hydroxylation sites is 1. The molecule has 0 fully saturated rings. The summed E-state index contributed by atoms with van der Waals surface area (Å²) in [5.41, 5.74) is 12.5. The van der Waals surface area contributed by atoms with Crippen molar-refractivity contribution in [1.82, 2.24) is 4.57 Å². The minimum absolute atomic E-state index is 0.915. The predicted molar refractivity (Wildman–Crippen MR) is 202 cm³/mol. The fourth-order valence-electron chi connectivity index (χ4n) is 7.39. The summed E-state index contributed by atoms with van der Waals surface area (Å²) in [4.78, 5) is 0. The highest BCUT2D eigenvalue weighted by Crippen LogP contribution is 2.40. The minimum Gasteiger partial charge on any atom is -0.456 e. The van der Waals surface area contributed by atoms with E-state index in [1.54, 1.807) is 0 Å². The van der Waals surface area contributed by atoms with Crippen LogP contribution in [-0.2, 0) is 0 Å². The molecule has 2 nitrogen and oxygen atoms in total. The van der Waals surface area contributed by atoms with E-state index in [0.29, 0.717) is 0 Å². The van der Waals surface area contributed by atoms with Crippen molar-refractivity contribution >= 4 is 54.5 Å². The van der Waals surface area contributed by atoms with Gasteiger partial charge in [-0.1, -0.05) is 115 Å². The summed E-state index contributed by atoms with van der Waals surface area (Å²) >= 11 is 0. The van der Waals surface area contributed by atoms with Crippen molar-refractivity contribution in [3.05, 3.63) is 176 Å². The maximum absolute atomic E-state index is 6.35. The first kappa shape index (κ1) is 26.8. The highest BCUT2D eigenvalue weighted by Gasteiger charge is 2.17. The first-order valence-corrected chi connectivity index (χ1v) is 16.4. The maximum atomic E-state index is 6.35. The Labute approximate surface area is 277 Å². The van der Waals surface area contributed by atoms with Gasteiger partial charge in [0, 0.05) is 27.2 Å². The third-order valence-corrected chi connectivity index (χ3v) is 9.74. The third kappa shape index (κ3) is 4.27. The molecule has 0 bridgehead atoms. The Morgan fingerprint density at radius 2 is 0.833 bits per heavy atom. The Hall–Kier alpha value is -6.38. The van der Waals surface area contributed by atoms with Crippen LogP contribution < -0.4 is 0 Å². The summed E-state index contributed by atoms with van der Waals surface area (Å²) in [6.07, 6.45) is 0. The van der Waals surface area contributed by atoms with Crippen LogP contribution >= 0.6 is 0 Å². The molecule has 0 spiro atoms. The lowest BCUT2D eigenvalue weighted by Gasteiger charge is -2.13. The quantitative estimate of drug-likeness (QED) is 0.194. The molecule has 2 heterocycles. The average molecular weight is 612 g/mol. The largest absolute Gasteiger partial charge is 0.456 e. The van der Waals surface area contributed by atoms with Crippen molar-refractivity contribution in [3.63, 3.8) is 0 Å². The van der Waals surface area contributed by atoms with Gasteiger partial charge in [-0.2, -0.15) is 0 Å². The van der Waals surface area contributed by atoms with Gasteiger partial charge in [0.2, 0.25) is 0 Å². The van der Waals surface area contributed by atoms with E-state index in [-0.39, 0.29) is 0 Å². The Kier molecular flexibility index (Phi) is 5.91. The fourth-order valence-corrected chi connectivity index (χ4v) is 7.39. The van der Waals surface area contributed by atoms with Crippen LogP contribution in [0.4, 0.5) is 0 Å². The molecule has 0 amide bonds. The molecule has 2 aromatic heterocycles. The first-order valence-electron chi connectivity index (χ1n) is 16.4. The molecule has 224 valence electrons. The number of hydrogen-bond donors (Lipinski definition) is 0. The number of nitrogens with zero attached hydrogens (tertiary/aromatic N) is 1. The highest BCUT2D eigenvalue weighted by molar-refractivity contribution is 6.19. The van der Waals surface area contributed by atoms with E-state index in [9.17, 15) is 0 Å². The van der Waals surface area contributed by atoms with Crippen LogP contribution in [0.15, 0.2) is 180 Å². The van der Waals surface area contributed by atoms with Crippen LogP contribution in [0.3, 0.4) is 0 Å². The van der Waals surface area contributed by atoms with Crippen molar-refractivity contribution in [3.8, 4) is 39.1 Å². The van der Waals surface area contributed by atoms with Crippen molar-refractivity contribution in [2.75, 3.05) is 0 Å². The van der Waals surface area contributed by atoms with Gasteiger partial charge in [-0.15, -0.1) is 0 Å². The van der Waals surface area contributed by atoms with Crippen molar-refractivity contribution in [2.24, 2.45) is 0 Å². The molecule has 0 aliphatic heterocycles. The lowest BCUT2D eigenvalue weighted by molar-refractivity contribution is 0.669. The number of rotatable bonds is 4.